The van der Waals surface area contributed by atoms with Gasteiger partial charge in [-0.2, -0.15) is 0 Å². The van der Waals surface area contributed by atoms with Gasteiger partial charge in [-0.05, 0) is 0 Å². The summed E-state index contributed by atoms with van der Waals surface area (Å²) >= 11 is 1.40. The van der Waals surface area contributed by atoms with Gasteiger partial charge in [0.15, 0.2) is 0 Å². The lowest BCUT2D eigenvalue weighted by Gasteiger charge is -1.78. The summed E-state index contributed by atoms with van der Waals surface area (Å²) in [5, 5.41) is 1.48. The third-order valence-corrected chi connectivity index (χ3v) is 1.41. The van der Waals surface area contributed by atoms with Gasteiger partial charge in [-0.25, -0.2) is 0 Å². The van der Waals surface area contributed by atoms with Crippen LogP contribution < -0.4 is 0 Å². The van der Waals surface area contributed by atoms with Crippen molar-refractivity contribution >= 4 is 39.3 Å². The molecular formula is C4H13AlMg. The van der Waals surface area contributed by atoms with Crippen molar-refractivity contribution in [2.45, 2.75) is 25.0 Å². The van der Waals surface area contributed by atoms with E-state index in [1.165, 1.54) is 34.4 Å². The number of rotatable bonds is 2. The maximum absolute atomic E-state index is 2.23. The topological polar surface area (TPSA) is 0 Å². The molecule has 0 N–H and O–H groups in total. The van der Waals surface area contributed by atoms with Crippen molar-refractivity contribution in [3.05, 3.63) is 0 Å². The van der Waals surface area contributed by atoms with Gasteiger partial charge in [0.1, 0.15) is 0 Å². The molecule has 0 spiro atoms. The van der Waals surface area contributed by atoms with Crippen molar-refractivity contribution in [2.24, 2.45) is 0 Å². The Morgan fingerprint density at radius 3 is 2.00 bits per heavy atom. The van der Waals surface area contributed by atoms with Crippen molar-refractivity contribution < 1.29 is 0 Å². The van der Waals surface area contributed by atoms with E-state index in [0.29, 0.717) is 0 Å². The van der Waals surface area contributed by atoms with Crippen LogP contribution in [-0.4, -0.2) is 39.3 Å². The van der Waals surface area contributed by atoms with Gasteiger partial charge in [0.25, 0.3) is 0 Å². The smallest absolute Gasteiger partial charge is 0.101 e. The van der Waals surface area contributed by atoms with Crippen LogP contribution in [0, 0.1) is 0 Å². The average molecular weight is 112 g/mol. The maximum atomic E-state index is 2.23. The van der Waals surface area contributed by atoms with Crippen LogP contribution in [-0.2, 0) is 0 Å². The largest absolute Gasteiger partial charge is 0.316 e. The van der Waals surface area contributed by atoms with Crippen LogP contribution >= 0.6 is 0 Å². The van der Waals surface area contributed by atoms with E-state index >= 15 is 0 Å². The third kappa shape index (κ3) is 9.00. The molecule has 0 aliphatic rings. The monoisotopic (exact) mass is 112 g/mol. The Morgan fingerprint density at radius 1 is 1.50 bits per heavy atom. The van der Waals surface area contributed by atoms with Crippen LogP contribution in [0.4, 0.5) is 0 Å². The molecule has 6 heavy (non-hydrogen) atoms. The van der Waals surface area contributed by atoms with E-state index in [1.54, 1.807) is 0 Å². The van der Waals surface area contributed by atoms with Crippen molar-refractivity contribution in [3.8, 4) is 0 Å². The van der Waals surface area contributed by atoms with Crippen molar-refractivity contribution in [2.75, 3.05) is 0 Å². The van der Waals surface area contributed by atoms with Crippen LogP contribution in [0.5, 0.6) is 0 Å². The molecule has 0 fully saturated rings. The van der Waals surface area contributed by atoms with Crippen LogP contribution in [0.25, 0.3) is 0 Å². The van der Waals surface area contributed by atoms with Crippen LogP contribution in [0.2, 0.25) is 5.28 Å². The van der Waals surface area contributed by atoms with E-state index in [9.17, 15) is 0 Å². The first-order chi connectivity index (χ1) is 2.41. The zero-order valence-electron chi connectivity index (χ0n) is 4.12. The highest BCUT2D eigenvalue weighted by molar-refractivity contribution is 6.08. The predicted octanol–water partition coefficient (Wildman–Crippen LogP) is -0.0783. The first-order valence-corrected chi connectivity index (χ1v) is 3.83. The summed E-state index contributed by atoms with van der Waals surface area (Å²) < 4.78 is 0. The number of hydrogen-bond acceptors (Lipinski definition) is 0. The average Bonchev–Trinajstić information content (AvgIpc) is 1.41. The molecule has 0 aromatic rings. The fourth-order valence-corrected chi connectivity index (χ4v) is 1.06. The molecule has 0 aliphatic carbocycles. The summed E-state index contributed by atoms with van der Waals surface area (Å²) in [7, 11) is 0. The highest BCUT2D eigenvalue weighted by atomic mass is 27.0. The van der Waals surface area contributed by atoms with Crippen molar-refractivity contribution in [3.63, 3.8) is 0 Å². The molecule has 34 valence electrons. The minimum atomic E-state index is 0. The molecule has 0 nitrogen and oxygen atoms in total. The molecule has 0 amide bonds. The van der Waals surface area contributed by atoms with Gasteiger partial charge in [0, 0.05) is 0 Å². The molecule has 0 saturated heterocycles. The molecule has 0 saturated carbocycles. The van der Waals surface area contributed by atoms with E-state index in [4.69, 9.17) is 0 Å². The lowest BCUT2D eigenvalue weighted by atomic mass is 10.4. The first kappa shape index (κ1) is 10.3. The molecule has 0 radical (unpaired) electrons. The summed E-state index contributed by atoms with van der Waals surface area (Å²) in [6.07, 6.45) is 2.83. The fraction of sp³-hybridized carbons (Fsp3) is 1.00. The molecule has 2 heteroatoms. The summed E-state index contributed by atoms with van der Waals surface area (Å²) in [6, 6.07) is 0. The molecule has 0 bridgehead atoms. The Kier molecular flexibility index (Phi) is 16.5. The number of unbranched alkanes of at least 4 members (excludes halogenated alkanes) is 1. The Morgan fingerprint density at radius 2 is 2.00 bits per heavy atom. The van der Waals surface area contributed by atoms with E-state index < -0.39 is 0 Å². The van der Waals surface area contributed by atoms with Gasteiger partial charge in [0.05, 0.1) is 0 Å². The summed E-state index contributed by atoms with van der Waals surface area (Å²) in [5.74, 6) is 0. The van der Waals surface area contributed by atoms with Gasteiger partial charge in [0.2, 0.25) is 16.3 Å². The highest BCUT2D eigenvalue weighted by Crippen LogP contribution is 1.86. The summed E-state index contributed by atoms with van der Waals surface area (Å²) in [4.78, 5) is 0. The van der Waals surface area contributed by atoms with E-state index in [0.717, 1.165) is 0 Å². The fourth-order valence-electron chi connectivity index (χ4n) is 0.354. The maximum Gasteiger partial charge on any atom is 0.316 e. The van der Waals surface area contributed by atoms with E-state index in [-0.39, 0.29) is 23.1 Å². The molecule has 0 aliphatic heterocycles. The molecular weight excluding hydrogens is 99.3 g/mol. The Balaban J connectivity index is 0. The van der Waals surface area contributed by atoms with Crippen LogP contribution in [0.15, 0.2) is 0 Å². The van der Waals surface area contributed by atoms with Gasteiger partial charge in [-0.1, -0.05) is 19.8 Å². The highest BCUT2D eigenvalue weighted by Gasteiger charge is 1.69. The van der Waals surface area contributed by atoms with Gasteiger partial charge < -0.3 is 0 Å². The molecule has 0 aromatic heterocycles. The predicted molar refractivity (Wildman–Crippen MR) is 36.8 cm³/mol. The Labute approximate surface area is 64.3 Å². The molecule has 0 unspecified atom stereocenters. The molecule has 0 aromatic carbocycles. The van der Waals surface area contributed by atoms with Gasteiger partial charge in [-0.3, -0.25) is 0 Å². The molecule has 0 atom stereocenters. The SMILES string of the molecule is CCC[CH2][AlH2].[MgH2]. The van der Waals surface area contributed by atoms with Crippen molar-refractivity contribution in [1.82, 2.24) is 0 Å². The number of hydrogen-bond donors (Lipinski definition) is 0. The summed E-state index contributed by atoms with van der Waals surface area (Å²) in [5.41, 5.74) is 0. The Hall–Kier alpha value is 1.30. The lowest BCUT2D eigenvalue weighted by Crippen LogP contribution is -1.63. The zero-order valence-corrected chi connectivity index (χ0v) is 6.12. The quantitative estimate of drug-likeness (QED) is 0.439. The molecule has 0 rings (SSSR count). The van der Waals surface area contributed by atoms with Crippen LogP contribution in [0.3, 0.4) is 0 Å². The third-order valence-electron chi connectivity index (χ3n) is 0.707. The second-order valence-electron chi connectivity index (χ2n) is 1.35. The van der Waals surface area contributed by atoms with Gasteiger partial charge in [-0.15, -0.1) is 5.28 Å². The summed E-state index contributed by atoms with van der Waals surface area (Å²) in [6.45, 7) is 2.23. The Bertz CT molecular complexity index is 15.0. The normalized spacial score (nSPS) is 6.83. The zero-order chi connectivity index (χ0) is 4.12. The second-order valence-corrected chi connectivity index (χ2v) is 2.35. The van der Waals surface area contributed by atoms with Gasteiger partial charge >= 0.3 is 23.1 Å². The first-order valence-electron chi connectivity index (χ1n) is 2.41. The minimum absolute atomic E-state index is 0. The van der Waals surface area contributed by atoms with Crippen LogP contribution in [0.1, 0.15) is 19.8 Å². The van der Waals surface area contributed by atoms with E-state index in [1.807, 2.05) is 0 Å². The lowest BCUT2D eigenvalue weighted by molar-refractivity contribution is 0.884. The van der Waals surface area contributed by atoms with Crippen molar-refractivity contribution in [1.29, 1.82) is 0 Å². The van der Waals surface area contributed by atoms with E-state index in [2.05, 4.69) is 6.92 Å². The molecule has 0 heterocycles. The minimum Gasteiger partial charge on any atom is -0.101 e. The standard InChI is InChI=1S/C4H9.Al.Mg.4H/c1-3-4-2;;;;;;/h1,3-4H2,2H3;;;;;;. The second kappa shape index (κ2) is 9.57.